The highest BCUT2D eigenvalue weighted by molar-refractivity contribution is 8.13. The second kappa shape index (κ2) is 9.23. The average molecular weight is 383 g/mol. The molecule has 0 aliphatic carbocycles. The topological polar surface area (TPSA) is 119 Å². The van der Waals surface area contributed by atoms with Crippen LogP contribution in [0.25, 0.3) is 0 Å². The van der Waals surface area contributed by atoms with Crippen molar-refractivity contribution in [2.75, 3.05) is 5.75 Å². The Kier molecular flexibility index (Phi) is 7.63. The predicted molar refractivity (Wildman–Crippen MR) is 95.3 cm³/mol. The molecule has 26 heavy (non-hydrogen) atoms. The molecule has 0 bridgehead atoms. The molecule has 0 heterocycles. The van der Waals surface area contributed by atoms with Gasteiger partial charge in [-0.25, -0.2) is 14.4 Å². The molecule has 0 aliphatic heterocycles. The van der Waals surface area contributed by atoms with Crippen molar-refractivity contribution in [1.29, 1.82) is 0 Å². The Morgan fingerprint density at radius 2 is 1.81 bits per heavy atom. The fourth-order valence-corrected chi connectivity index (χ4v) is 2.43. The number of carboxylic acids is 1. The summed E-state index contributed by atoms with van der Waals surface area (Å²) in [5.74, 6) is -2.66. The first-order valence-electron chi connectivity index (χ1n) is 7.66. The highest BCUT2D eigenvalue weighted by Crippen LogP contribution is 2.23. The van der Waals surface area contributed by atoms with Crippen LogP contribution in [0.3, 0.4) is 0 Å². The van der Waals surface area contributed by atoms with E-state index in [4.69, 9.17) is 14.6 Å². The molecular weight excluding hydrogens is 362 g/mol. The molecule has 8 nitrogen and oxygen atoms in total. The van der Waals surface area contributed by atoms with Gasteiger partial charge in [0.2, 0.25) is 5.91 Å². The van der Waals surface area contributed by atoms with Gasteiger partial charge >= 0.3 is 17.2 Å². The standard InChI is InChI=1S/C17H21NO7S/c1-10(19)18-12(14(20)21)9-26-16(23)24-13-8-6-5-7-11(13)15(22)25-17(2,3)4/h5-8,12H,9H2,1-4H3,(H,18,19)(H,20,21)/t12-/m1/s1. The van der Waals surface area contributed by atoms with Crippen LogP contribution in [0.1, 0.15) is 38.1 Å². The van der Waals surface area contributed by atoms with Crippen LogP contribution >= 0.6 is 11.8 Å². The lowest BCUT2D eigenvalue weighted by molar-refractivity contribution is -0.140. The Balaban J connectivity index is 2.77. The molecular formula is C17H21NO7S. The molecule has 1 atom stereocenters. The Morgan fingerprint density at radius 3 is 2.35 bits per heavy atom. The number of nitrogens with one attached hydrogen (secondary N) is 1. The van der Waals surface area contributed by atoms with E-state index in [1.54, 1.807) is 32.9 Å². The molecule has 0 radical (unpaired) electrons. The summed E-state index contributed by atoms with van der Waals surface area (Å²) in [6.45, 7) is 6.31. The number of para-hydroxylation sites is 1. The Bertz CT molecular complexity index is 697. The van der Waals surface area contributed by atoms with Crippen molar-refractivity contribution in [3.63, 3.8) is 0 Å². The Labute approximate surface area is 155 Å². The molecule has 0 unspecified atom stereocenters. The SMILES string of the molecule is CC(=O)N[C@H](CSC(=O)Oc1ccccc1C(=O)OC(C)(C)C)C(=O)O. The highest BCUT2D eigenvalue weighted by atomic mass is 32.2. The summed E-state index contributed by atoms with van der Waals surface area (Å²) in [6, 6.07) is 4.84. The second-order valence-electron chi connectivity index (χ2n) is 6.25. The fraction of sp³-hybridized carbons (Fsp3) is 0.412. The van der Waals surface area contributed by atoms with Gasteiger partial charge < -0.3 is 19.9 Å². The van der Waals surface area contributed by atoms with Crippen molar-refractivity contribution in [3.8, 4) is 5.75 Å². The van der Waals surface area contributed by atoms with Gasteiger partial charge in [0.15, 0.2) is 0 Å². The summed E-state index contributed by atoms with van der Waals surface area (Å²) in [5, 5.41) is 10.4. The van der Waals surface area contributed by atoms with E-state index in [0.717, 1.165) is 0 Å². The van der Waals surface area contributed by atoms with E-state index in [2.05, 4.69) is 5.32 Å². The molecule has 0 saturated heterocycles. The van der Waals surface area contributed by atoms with Crippen molar-refractivity contribution < 1.29 is 33.8 Å². The summed E-state index contributed by atoms with van der Waals surface area (Å²) in [7, 11) is 0. The van der Waals surface area contributed by atoms with Gasteiger partial charge in [0.25, 0.3) is 0 Å². The molecule has 2 N–H and O–H groups in total. The predicted octanol–water partition coefficient (Wildman–Crippen LogP) is 2.46. The number of hydrogen-bond donors (Lipinski definition) is 2. The minimum absolute atomic E-state index is 0.00523. The second-order valence-corrected chi connectivity index (χ2v) is 7.21. The summed E-state index contributed by atoms with van der Waals surface area (Å²) in [5.41, 5.74) is -0.635. The summed E-state index contributed by atoms with van der Waals surface area (Å²) >= 11 is 0.574. The number of aliphatic carboxylic acids is 1. The van der Waals surface area contributed by atoms with Gasteiger partial charge in [0.05, 0.1) is 0 Å². The lowest BCUT2D eigenvalue weighted by Gasteiger charge is -2.20. The van der Waals surface area contributed by atoms with Gasteiger partial charge in [-0.1, -0.05) is 12.1 Å². The van der Waals surface area contributed by atoms with Gasteiger partial charge in [0, 0.05) is 12.7 Å². The normalized spacial score (nSPS) is 12.0. The molecule has 1 amide bonds. The zero-order valence-corrected chi connectivity index (χ0v) is 15.7. The van der Waals surface area contributed by atoms with E-state index < -0.39 is 34.8 Å². The zero-order valence-electron chi connectivity index (χ0n) is 14.9. The smallest absolute Gasteiger partial charge is 0.372 e. The van der Waals surface area contributed by atoms with E-state index in [9.17, 15) is 19.2 Å². The maximum atomic E-state index is 12.2. The minimum Gasteiger partial charge on any atom is -0.480 e. The Morgan fingerprint density at radius 1 is 1.19 bits per heavy atom. The van der Waals surface area contributed by atoms with Gasteiger partial charge in [-0.05, 0) is 44.7 Å². The lowest BCUT2D eigenvalue weighted by atomic mass is 10.1. The van der Waals surface area contributed by atoms with E-state index >= 15 is 0 Å². The minimum atomic E-state index is -1.27. The van der Waals surface area contributed by atoms with Gasteiger partial charge in [-0.15, -0.1) is 0 Å². The van der Waals surface area contributed by atoms with Gasteiger partial charge in [-0.3, -0.25) is 4.79 Å². The number of carboxylic acid groups (broad SMARTS) is 1. The molecule has 1 aromatic rings. The number of rotatable bonds is 6. The molecule has 0 spiro atoms. The van der Waals surface area contributed by atoms with E-state index in [1.165, 1.54) is 19.1 Å². The molecule has 0 aromatic heterocycles. The number of thioether (sulfide) groups is 1. The quantitative estimate of drug-likeness (QED) is 0.719. The molecule has 0 saturated carbocycles. The van der Waals surface area contributed by atoms with Crippen LogP contribution in [0.2, 0.25) is 0 Å². The van der Waals surface area contributed by atoms with Crippen molar-refractivity contribution in [2.24, 2.45) is 0 Å². The van der Waals surface area contributed by atoms with Crippen LogP contribution in [0, 0.1) is 0 Å². The number of carbonyl (C=O) groups excluding carboxylic acids is 3. The fourth-order valence-electron chi connectivity index (χ4n) is 1.75. The molecule has 142 valence electrons. The summed E-state index contributed by atoms with van der Waals surface area (Å²) < 4.78 is 10.4. The maximum Gasteiger partial charge on any atom is 0.372 e. The molecule has 0 aliphatic rings. The summed E-state index contributed by atoms with van der Waals surface area (Å²) in [4.78, 5) is 46.2. The van der Waals surface area contributed by atoms with Crippen LogP contribution in [-0.4, -0.2) is 45.6 Å². The summed E-state index contributed by atoms with van der Waals surface area (Å²) in [6.07, 6.45) is 0. The molecule has 1 rings (SSSR count). The van der Waals surface area contributed by atoms with E-state index in [-0.39, 0.29) is 17.1 Å². The van der Waals surface area contributed by atoms with Crippen molar-refractivity contribution >= 4 is 34.9 Å². The Hall–Kier alpha value is -2.55. The number of ether oxygens (including phenoxy) is 2. The van der Waals surface area contributed by atoms with Crippen LogP contribution in [0.4, 0.5) is 4.79 Å². The maximum absolute atomic E-state index is 12.2. The zero-order chi connectivity index (χ0) is 19.9. The van der Waals surface area contributed by atoms with Crippen LogP contribution in [0.15, 0.2) is 24.3 Å². The van der Waals surface area contributed by atoms with Crippen molar-refractivity contribution in [1.82, 2.24) is 5.32 Å². The van der Waals surface area contributed by atoms with Crippen LogP contribution in [-0.2, 0) is 14.3 Å². The number of carbonyl (C=O) groups is 4. The first kappa shape index (κ1) is 21.5. The third-order valence-corrected chi connectivity index (χ3v) is 3.56. The number of benzene rings is 1. The third kappa shape index (κ3) is 7.56. The van der Waals surface area contributed by atoms with Crippen LogP contribution < -0.4 is 10.1 Å². The first-order chi connectivity index (χ1) is 12.0. The molecule has 1 aromatic carbocycles. The third-order valence-electron chi connectivity index (χ3n) is 2.74. The van der Waals surface area contributed by atoms with E-state index in [1.807, 2.05) is 0 Å². The van der Waals surface area contributed by atoms with Gasteiger partial charge in [-0.2, -0.15) is 0 Å². The van der Waals surface area contributed by atoms with Crippen molar-refractivity contribution in [3.05, 3.63) is 29.8 Å². The number of esters is 1. The average Bonchev–Trinajstić information content (AvgIpc) is 2.49. The molecule has 9 heteroatoms. The molecule has 0 fully saturated rings. The van der Waals surface area contributed by atoms with Crippen LogP contribution in [0.5, 0.6) is 5.75 Å². The monoisotopic (exact) mass is 383 g/mol. The van der Waals surface area contributed by atoms with Gasteiger partial charge in [0.1, 0.15) is 23.0 Å². The first-order valence-corrected chi connectivity index (χ1v) is 8.65. The number of amides is 1. The van der Waals surface area contributed by atoms with E-state index in [0.29, 0.717) is 11.8 Å². The highest BCUT2D eigenvalue weighted by Gasteiger charge is 2.24. The largest absolute Gasteiger partial charge is 0.480 e. The van der Waals surface area contributed by atoms with Crippen molar-refractivity contribution in [2.45, 2.75) is 39.3 Å². The number of hydrogen-bond acceptors (Lipinski definition) is 7. The lowest BCUT2D eigenvalue weighted by Crippen LogP contribution is -2.41.